The summed E-state index contributed by atoms with van der Waals surface area (Å²) in [6, 6.07) is 17.2. The highest BCUT2D eigenvalue weighted by Gasteiger charge is 2.51. The summed E-state index contributed by atoms with van der Waals surface area (Å²) in [6.45, 7) is 0.948. The molecule has 0 radical (unpaired) electrons. The first kappa shape index (κ1) is 28.2. The highest BCUT2D eigenvalue weighted by molar-refractivity contribution is 7.16. The molecule has 10 nitrogen and oxygen atoms in total. The molecule has 0 atom stereocenters. The van der Waals surface area contributed by atoms with Crippen molar-refractivity contribution >= 4 is 56.6 Å². The Bertz CT molecular complexity index is 1960. The van der Waals surface area contributed by atoms with Crippen LogP contribution in [0.25, 0.3) is 21.5 Å². The number of rotatable bonds is 7. The second-order valence-electron chi connectivity index (χ2n) is 11.3. The van der Waals surface area contributed by atoms with Gasteiger partial charge in [0.2, 0.25) is 5.28 Å². The van der Waals surface area contributed by atoms with Crippen LogP contribution in [0.2, 0.25) is 5.28 Å². The molecule has 0 saturated heterocycles. The van der Waals surface area contributed by atoms with E-state index >= 15 is 0 Å². The maximum absolute atomic E-state index is 13.8. The van der Waals surface area contributed by atoms with Crippen LogP contribution in [0, 0.1) is 0 Å². The molecule has 7 rings (SSSR count). The second kappa shape index (κ2) is 10.8. The van der Waals surface area contributed by atoms with Gasteiger partial charge in [0, 0.05) is 37.2 Å². The minimum Gasteiger partial charge on any atom is -0.494 e. The van der Waals surface area contributed by atoms with Gasteiger partial charge in [0.15, 0.2) is 10.6 Å². The quantitative estimate of drug-likeness (QED) is 0.221. The number of aromatic nitrogens is 4. The Morgan fingerprint density at radius 3 is 2.68 bits per heavy atom. The summed E-state index contributed by atoms with van der Waals surface area (Å²) in [5.74, 6) is 0.930. The zero-order valence-corrected chi connectivity index (χ0v) is 25.9. The number of nitrogens with zero attached hydrogens (tertiary/aromatic N) is 6. The van der Waals surface area contributed by atoms with Gasteiger partial charge in [-0.05, 0) is 65.9 Å². The number of carbonyl (C=O) groups excluding carboxylic acids is 2. The van der Waals surface area contributed by atoms with Crippen LogP contribution in [0.4, 0.5) is 11.5 Å². The van der Waals surface area contributed by atoms with E-state index in [1.54, 1.807) is 32.8 Å². The van der Waals surface area contributed by atoms with Crippen LogP contribution in [0.1, 0.15) is 44.9 Å². The van der Waals surface area contributed by atoms with E-state index in [2.05, 4.69) is 31.3 Å². The Morgan fingerprint density at radius 1 is 1.09 bits per heavy atom. The van der Waals surface area contributed by atoms with Crippen molar-refractivity contribution in [3.63, 3.8) is 0 Å². The third-order valence-electron chi connectivity index (χ3n) is 8.19. The topological polar surface area (TPSA) is 113 Å². The summed E-state index contributed by atoms with van der Waals surface area (Å²) in [6.07, 6.45) is 1.99. The highest BCUT2D eigenvalue weighted by Crippen LogP contribution is 2.53. The lowest BCUT2D eigenvalue weighted by Crippen LogP contribution is -2.43. The van der Waals surface area contributed by atoms with Gasteiger partial charge in [-0.25, -0.2) is 15.0 Å². The molecule has 1 saturated carbocycles. The van der Waals surface area contributed by atoms with Crippen molar-refractivity contribution in [2.24, 2.45) is 0 Å². The third-order valence-corrected chi connectivity index (χ3v) is 9.08. The highest BCUT2D eigenvalue weighted by atomic mass is 35.5. The Balaban J connectivity index is 1.20. The van der Waals surface area contributed by atoms with Gasteiger partial charge in [0.25, 0.3) is 11.8 Å². The van der Waals surface area contributed by atoms with E-state index in [0.29, 0.717) is 57.6 Å². The Hall–Kier alpha value is -4.61. The molecular formula is C32H28ClN7O3S. The zero-order chi connectivity index (χ0) is 30.6. The van der Waals surface area contributed by atoms with Crippen molar-refractivity contribution in [3.8, 4) is 16.9 Å². The SMILES string of the molecule is COc1c(Nc2nc(Cl)nc3scnc23)cccc1-c1ccc2c(c1)C1(CC1)CN(Cc1cccc(C(=O)N(C)C)n1)C2=O. The molecule has 1 fully saturated rings. The number of hydrogen-bond donors (Lipinski definition) is 1. The number of benzene rings is 2. The summed E-state index contributed by atoms with van der Waals surface area (Å²) in [5.41, 5.74) is 7.60. The molecule has 5 aromatic rings. The number of fused-ring (bicyclic) bond motifs is 3. The molecule has 3 aromatic heterocycles. The molecule has 2 aliphatic rings. The van der Waals surface area contributed by atoms with Crippen molar-refractivity contribution in [2.45, 2.75) is 24.8 Å². The van der Waals surface area contributed by atoms with Crippen LogP contribution in [0.15, 0.2) is 60.1 Å². The minimum atomic E-state index is -0.166. The van der Waals surface area contributed by atoms with Gasteiger partial charge in [-0.3, -0.25) is 9.59 Å². The molecule has 44 heavy (non-hydrogen) atoms. The molecule has 1 aliphatic carbocycles. The fourth-order valence-electron chi connectivity index (χ4n) is 5.88. The van der Waals surface area contributed by atoms with E-state index in [4.69, 9.17) is 16.3 Å². The van der Waals surface area contributed by atoms with Crippen LogP contribution in [0.5, 0.6) is 5.75 Å². The molecule has 2 amide bonds. The number of amides is 2. The molecule has 12 heteroatoms. The maximum atomic E-state index is 13.8. The van der Waals surface area contributed by atoms with Crippen molar-refractivity contribution in [1.82, 2.24) is 29.7 Å². The first-order chi connectivity index (χ1) is 21.3. The minimum absolute atomic E-state index is 0.0366. The van der Waals surface area contributed by atoms with E-state index in [1.165, 1.54) is 16.2 Å². The number of hydrogen-bond acceptors (Lipinski definition) is 9. The van der Waals surface area contributed by atoms with Gasteiger partial charge >= 0.3 is 0 Å². The van der Waals surface area contributed by atoms with E-state index in [-0.39, 0.29) is 22.5 Å². The largest absolute Gasteiger partial charge is 0.494 e. The van der Waals surface area contributed by atoms with E-state index in [0.717, 1.165) is 29.5 Å². The molecule has 222 valence electrons. The number of para-hydroxylation sites is 1. The fourth-order valence-corrected chi connectivity index (χ4v) is 6.76. The third kappa shape index (κ3) is 4.91. The van der Waals surface area contributed by atoms with E-state index in [1.807, 2.05) is 47.4 Å². The summed E-state index contributed by atoms with van der Waals surface area (Å²) < 4.78 is 5.92. The smallest absolute Gasteiger partial charge is 0.271 e. The van der Waals surface area contributed by atoms with Crippen LogP contribution in [0.3, 0.4) is 0 Å². The van der Waals surface area contributed by atoms with Crippen LogP contribution >= 0.6 is 22.9 Å². The number of methoxy groups -OCH3 is 1. The molecular weight excluding hydrogens is 598 g/mol. The van der Waals surface area contributed by atoms with Gasteiger partial charge < -0.3 is 19.9 Å². The van der Waals surface area contributed by atoms with Gasteiger partial charge in [-0.1, -0.05) is 24.3 Å². The molecule has 2 aromatic carbocycles. The Labute approximate surface area is 262 Å². The number of nitrogens with one attached hydrogen (secondary N) is 1. The summed E-state index contributed by atoms with van der Waals surface area (Å²) in [5, 5.41) is 3.47. The average Bonchev–Trinajstić information content (AvgIpc) is 3.64. The van der Waals surface area contributed by atoms with Crippen LogP contribution in [-0.2, 0) is 12.0 Å². The molecule has 1 aliphatic heterocycles. The molecule has 0 bridgehead atoms. The predicted octanol–water partition coefficient (Wildman–Crippen LogP) is 5.94. The summed E-state index contributed by atoms with van der Waals surface area (Å²) >= 11 is 7.57. The standard InChI is InChI=1S/C32H28ClN7O3S/c1-39(2)30(42)24-9-4-6-19(35-24)15-40-16-32(12-13-32)22-14-18(10-11-21(22)29(40)41)20-7-5-8-23(26(20)43-3)36-27-25-28(44-17-34-25)38-31(33)37-27/h4-11,14,17H,12-13,15-16H2,1-3H3,(H,36,37,38). The van der Waals surface area contributed by atoms with Crippen molar-refractivity contribution in [1.29, 1.82) is 0 Å². The lowest BCUT2D eigenvalue weighted by Gasteiger charge is -2.35. The second-order valence-corrected chi connectivity index (χ2v) is 12.4. The number of thiazole rings is 1. The predicted molar refractivity (Wildman–Crippen MR) is 170 cm³/mol. The molecule has 0 unspecified atom stereocenters. The number of pyridine rings is 1. The number of ether oxygens (including phenoxy) is 1. The average molecular weight is 626 g/mol. The van der Waals surface area contributed by atoms with Gasteiger partial charge in [-0.2, -0.15) is 4.98 Å². The lowest BCUT2D eigenvalue weighted by atomic mass is 9.84. The molecule has 1 spiro atoms. The molecule has 4 heterocycles. The number of anilines is 2. The van der Waals surface area contributed by atoms with Crippen molar-refractivity contribution in [3.05, 3.63) is 87.9 Å². The normalized spacial score (nSPS) is 14.9. The monoisotopic (exact) mass is 625 g/mol. The molecule has 1 N–H and O–H groups in total. The fraction of sp³-hybridized carbons (Fsp3) is 0.250. The van der Waals surface area contributed by atoms with Crippen LogP contribution in [-0.4, -0.2) is 69.3 Å². The van der Waals surface area contributed by atoms with E-state index in [9.17, 15) is 9.59 Å². The van der Waals surface area contributed by atoms with Gasteiger partial charge in [-0.15, -0.1) is 11.3 Å². The van der Waals surface area contributed by atoms with Gasteiger partial charge in [0.05, 0.1) is 30.5 Å². The Kier molecular flexibility index (Phi) is 6.94. The maximum Gasteiger partial charge on any atom is 0.271 e. The van der Waals surface area contributed by atoms with Gasteiger partial charge in [0.1, 0.15) is 17.0 Å². The summed E-state index contributed by atoms with van der Waals surface area (Å²) in [7, 11) is 5.03. The van der Waals surface area contributed by atoms with Crippen molar-refractivity contribution in [2.75, 3.05) is 33.1 Å². The first-order valence-corrected chi connectivity index (χ1v) is 15.3. The van der Waals surface area contributed by atoms with Crippen LogP contribution < -0.4 is 10.1 Å². The number of halogens is 1. The lowest BCUT2D eigenvalue weighted by molar-refractivity contribution is 0.0696. The zero-order valence-electron chi connectivity index (χ0n) is 24.3. The van der Waals surface area contributed by atoms with Crippen molar-refractivity contribution < 1.29 is 14.3 Å². The van der Waals surface area contributed by atoms with E-state index < -0.39 is 0 Å². The summed E-state index contributed by atoms with van der Waals surface area (Å²) in [4.78, 5) is 47.8. The number of carbonyl (C=O) groups is 2. The first-order valence-electron chi connectivity index (χ1n) is 14.1. The Morgan fingerprint density at radius 2 is 1.91 bits per heavy atom.